The molecule has 0 bridgehead atoms. The van der Waals surface area contributed by atoms with Gasteiger partial charge in [0.05, 0.1) is 22.9 Å². The molecule has 1 heterocycles. The molecule has 14 heavy (non-hydrogen) atoms. The highest BCUT2D eigenvalue weighted by Gasteiger charge is 2.34. The summed E-state index contributed by atoms with van der Waals surface area (Å²) in [4.78, 5) is 4.26. The highest BCUT2D eigenvalue weighted by molar-refractivity contribution is 7.09. The van der Waals surface area contributed by atoms with Gasteiger partial charge in [-0.1, -0.05) is 0 Å². The minimum Gasteiger partial charge on any atom is -0.390 e. The van der Waals surface area contributed by atoms with Gasteiger partial charge in [-0.3, -0.25) is 0 Å². The van der Waals surface area contributed by atoms with E-state index in [1.54, 1.807) is 11.3 Å². The molecule has 1 aromatic heterocycles. The third-order valence-corrected chi connectivity index (χ3v) is 3.41. The highest BCUT2D eigenvalue weighted by Crippen LogP contribution is 2.34. The maximum absolute atomic E-state index is 9.71. The molecule has 0 saturated heterocycles. The predicted molar refractivity (Wildman–Crippen MR) is 55.3 cm³/mol. The smallest absolute Gasteiger partial charge is 0.0897 e. The van der Waals surface area contributed by atoms with Crippen LogP contribution in [-0.4, -0.2) is 27.4 Å². The Kier molecular flexibility index (Phi) is 2.85. The molecule has 0 aliphatic heterocycles. The zero-order chi connectivity index (χ0) is 10.1. The monoisotopic (exact) mass is 213 g/mol. The molecule has 1 aromatic rings. The molecule has 0 amide bonds. The second kappa shape index (κ2) is 3.96. The van der Waals surface area contributed by atoms with Crippen molar-refractivity contribution in [3.63, 3.8) is 0 Å². The number of aliphatic hydroxyl groups is 2. The SMILES string of the molecule is Cc1nc(CC(O)C(O)C2CC2)cs1. The average molecular weight is 213 g/mol. The summed E-state index contributed by atoms with van der Waals surface area (Å²) >= 11 is 1.58. The Morgan fingerprint density at radius 1 is 1.57 bits per heavy atom. The fraction of sp³-hybridized carbons (Fsp3) is 0.700. The molecule has 1 aliphatic carbocycles. The summed E-state index contributed by atoms with van der Waals surface area (Å²) < 4.78 is 0. The van der Waals surface area contributed by atoms with Gasteiger partial charge >= 0.3 is 0 Å². The number of aryl methyl sites for hydroxylation is 1. The minimum atomic E-state index is -0.649. The summed E-state index contributed by atoms with van der Waals surface area (Å²) in [6.45, 7) is 1.94. The topological polar surface area (TPSA) is 53.4 Å². The van der Waals surface area contributed by atoms with Crippen LogP contribution in [0.4, 0.5) is 0 Å². The van der Waals surface area contributed by atoms with Gasteiger partial charge in [0, 0.05) is 11.8 Å². The maximum Gasteiger partial charge on any atom is 0.0897 e. The van der Waals surface area contributed by atoms with Gasteiger partial charge in [0.1, 0.15) is 0 Å². The van der Waals surface area contributed by atoms with Crippen LogP contribution in [0, 0.1) is 12.8 Å². The van der Waals surface area contributed by atoms with Crippen LogP contribution in [0.25, 0.3) is 0 Å². The first kappa shape index (κ1) is 10.1. The van der Waals surface area contributed by atoms with Crippen LogP contribution in [0.2, 0.25) is 0 Å². The summed E-state index contributed by atoms with van der Waals surface area (Å²) in [5.41, 5.74) is 0.889. The van der Waals surface area contributed by atoms with Crippen molar-refractivity contribution >= 4 is 11.3 Å². The first-order chi connectivity index (χ1) is 6.66. The molecule has 1 fully saturated rings. The van der Waals surface area contributed by atoms with E-state index in [0.29, 0.717) is 12.3 Å². The van der Waals surface area contributed by atoms with E-state index in [9.17, 15) is 10.2 Å². The minimum absolute atomic E-state index is 0.324. The zero-order valence-corrected chi connectivity index (χ0v) is 9.00. The molecular formula is C10H15NO2S. The molecule has 2 atom stereocenters. The molecule has 4 heteroatoms. The Bertz CT molecular complexity index is 309. The summed E-state index contributed by atoms with van der Waals surface area (Å²) in [5, 5.41) is 22.3. The number of thiazole rings is 1. The molecule has 2 unspecified atom stereocenters. The second-order valence-electron chi connectivity index (χ2n) is 3.96. The Morgan fingerprint density at radius 3 is 2.79 bits per heavy atom. The molecule has 1 aliphatic rings. The first-order valence-corrected chi connectivity index (χ1v) is 5.82. The number of hydrogen-bond donors (Lipinski definition) is 2. The van der Waals surface area contributed by atoms with Crippen LogP contribution in [0.5, 0.6) is 0 Å². The quantitative estimate of drug-likeness (QED) is 0.788. The number of nitrogens with zero attached hydrogens (tertiary/aromatic N) is 1. The third-order valence-electron chi connectivity index (χ3n) is 2.58. The van der Waals surface area contributed by atoms with Gasteiger partial charge in [-0.15, -0.1) is 11.3 Å². The number of rotatable bonds is 4. The lowest BCUT2D eigenvalue weighted by Crippen LogP contribution is -2.29. The first-order valence-electron chi connectivity index (χ1n) is 4.94. The van der Waals surface area contributed by atoms with E-state index >= 15 is 0 Å². The average Bonchev–Trinajstić information content (AvgIpc) is 2.91. The van der Waals surface area contributed by atoms with Gasteiger partial charge in [-0.2, -0.15) is 0 Å². The van der Waals surface area contributed by atoms with Crippen molar-refractivity contribution in [3.8, 4) is 0 Å². The molecule has 78 valence electrons. The van der Waals surface area contributed by atoms with E-state index in [-0.39, 0.29) is 0 Å². The molecule has 2 rings (SSSR count). The Morgan fingerprint density at radius 2 is 2.29 bits per heavy atom. The van der Waals surface area contributed by atoms with Crippen molar-refractivity contribution in [1.82, 2.24) is 4.98 Å². The van der Waals surface area contributed by atoms with Crippen molar-refractivity contribution < 1.29 is 10.2 Å². The van der Waals surface area contributed by atoms with E-state index in [1.165, 1.54) is 0 Å². The van der Waals surface area contributed by atoms with Crippen LogP contribution in [0.15, 0.2) is 5.38 Å². The van der Waals surface area contributed by atoms with E-state index in [0.717, 1.165) is 23.5 Å². The van der Waals surface area contributed by atoms with Crippen LogP contribution in [0.1, 0.15) is 23.5 Å². The Hall–Kier alpha value is -0.450. The lowest BCUT2D eigenvalue weighted by atomic mass is 10.1. The number of aliphatic hydroxyl groups excluding tert-OH is 2. The molecule has 2 N–H and O–H groups in total. The zero-order valence-electron chi connectivity index (χ0n) is 8.18. The van der Waals surface area contributed by atoms with E-state index < -0.39 is 12.2 Å². The van der Waals surface area contributed by atoms with Gasteiger partial charge in [-0.05, 0) is 25.7 Å². The highest BCUT2D eigenvalue weighted by atomic mass is 32.1. The van der Waals surface area contributed by atoms with Gasteiger partial charge in [0.15, 0.2) is 0 Å². The number of hydrogen-bond acceptors (Lipinski definition) is 4. The molecule has 0 radical (unpaired) electrons. The van der Waals surface area contributed by atoms with Gasteiger partial charge in [0.25, 0.3) is 0 Å². The second-order valence-corrected chi connectivity index (χ2v) is 5.02. The fourth-order valence-corrected chi connectivity index (χ4v) is 2.21. The van der Waals surface area contributed by atoms with Crippen molar-refractivity contribution in [2.45, 2.75) is 38.4 Å². The van der Waals surface area contributed by atoms with Crippen molar-refractivity contribution in [3.05, 3.63) is 16.1 Å². The van der Waals surface area contributed by atoms with E-state index in [1.807, 2.05) is 12.3 Å². The molecule has 1 saturated carbocycles. The molecule has 3 nitrogen and oxygen atoms in total. The molecule has 0 aromatic carbocycles. The summed E-state index contributed by atoms with van der Waals surface area (Å²) in [6.07, 6.45) is 1.37. The van der Waals surface area contributed by atoms with Gasteiger partial charge in [0.2, 0.25) is 0 Å². The van der Waals surface area contributed by atoms with Crippen LogP contribution < -0.4 is 0 Å². The predicted octanol–water partition coefficient (Wildman–Crippen LogP) is 1.13. The lowest BCUT2D eigenvalue weighted by Gasteiger charge is -2.15. The summed E-state index contributed by atoms with van der Waals surface area (Å²) in [5.74, 6) is 0.324. The van der Waals surface area contributed by atoms with Crippen LogP contribution in [0.3, 0.4) is 0 Å². The third kappa shape index (κ3) is 2.32. The van der Waals surface area contributed by atoms with E-state index in [4.69, 9.17) is 0 Å². The Labute approximate surface area is 87.4 Å². The van der Waals surface area contributed by atoms with Crippen molar-refractivity contribution in [2.75, 3.05) is 0 Å². The van der Waals surface area contributed by atoms with Crippen molar-refractivity contribution in [1.29, 1.82) is 0 Å². The maximum atomic E-state index is 9.71. The molecular weight excluding hydrogens is 198 g/mol. The normalized spacial score (nSPS) is 20.8. The van der Waals surface area contributed by atoms with Gasteiger partial charge in [-0.25, -0.2) is 4.98 Å². The van der Waals surface area contributed by atoms with Gasteiger partial charge < -0.3 is 10.2 Å². The van der Waals surface area contributed by atoms with E-state index in [2.05, 4.69) is 4.98 Å². The van der Waals surface area contributed by atoms with Crippen LogP contribution >= 0.6 is 11.3 Å². The van der Waals surface area contributed by atoms with Crippen molar-refractivity contribution in [2.24, 2.45) is 5.92 Å². The summed E-state index contributed by atoms with van der Waals surface area (Å²) in [7, 11) is 0. The lowest BCUT2D eigenvalue weighted by molar-refractivity contribution is 0.00628. The summed E-state index contributed by atoms with van der Waals surface area (Å²) in [6, 6.07) is 0. The standard InChI is InChI=1S/C10H15NO2S/c1-6-11-8(5-14-6)4-9(12)10(13)7-2-3-7/h5,7,9-10,12-13H,2-4H2,1H3. The van der Waals surface area contributed by atoms with Crippen LogP contribution in [-0.2, 0) is 6.42 Å². The number of aromatic nitrogens is 1. The fourth-order valence-electron chi connectivity index (χ4n) is 1.59. The largest absolute Gasteiger partial charge is 0.390 e. The molecule has 0 spiro atoms. The Balaban J connectivity index is 1.89.